The lowest BCUT2D eigenvalue weighted by molar-refractivity contribution is -0.134. The number of rotatable bonds is 8. The number of benzene rings is 1. The van der Waals surface area contributed by atoms with Crippen LogP contribution in [0.1, 0.15) is 42.8 Å². The summed E-state index contributed by atoms with van der Waals surface area (Å²) in [6.45, 7) is 7.31. The van der Waals surface area contributed by atoms with E-state index in [1.807, 2.05) is 54.0 Å². The van der Waals surface area contributed by atoms with Crippen LogP contribution in [0.4, 0.5) is 15.3 Å². The molecule has 1 amide bonds. The Morgan fingerprint density at radius 3 is 2.60 bits per heavy atom. The molecule has 3 aromatic heterocycles. The van der Waals surface area contributed by atoms with Gasteiger partial charge in [-0.25, -0.2) is 14.4 Å². The molecule has 3 aliphatic rings. The number of pyridine rings is 1. The number of aliphatic imine (C=N–C) groups is 1. The molecule has 2 saturated heterocycles. The summed E-state index contributed by atoms with van der Waals surface area (Å²) in [5.41, 5.74) is 4.79. The molecule has 0 spiro atoms. The molecule has 4 aromatic rings. The van der Waals surface area contributed by atoms with Crippen LogP contribution in [0, 0.1) is 23.1 Å². The fraction of sp³-hybridized carbons (Fsp3) is 0.382. The Morgan fingerprint density at radius 1 is 1.17 bits per heavy atom. The molecule has 7 rings (SSSR count). The van der Waals surface area contributed by atoms with Crippen molar-refractivity contribution in [1.29, 1.82) is 5.26 Å². The first-order valence-corrected chi connectivity index (χ1v) is 16.8. The van der Waals surface area contributed by atoms with Gasteiger partial charge < -0.3 is 20.9 Å². The second-order valence-corrected chi connectivity index (χ2v) is 13.4. The molecule has 0 saturated carbocycles. The van der Waals surface area contributed by atoms with Crippen molar-refractivity contribution in [3.05, 3.63) is 70.7 Å². The molecule has 13 heteroatoms. The molecule has 0 aliphatic carbocycles. The number of halogens is 1. The van der Waals surface area contributed by atoms with Crippen molar-refractivity contribution in [3.8, 4) is 17.3 Å². The van der Waals surface area contributed by atoms with Crippen LogP contribution in [0.2, 0.25) is 0 Å². The summed E-state index contributed by atoms with van der Waals surface area (Å²) in [6, 6.07) is 12.6. The van der Waals surface area contributed by atoms with E-state index in [1.54, 1.807) is 12.1 Å². The van der Waals surface area contributed by atoms with E-state index in [0.717, 1.165) is 54.2 Å². The van der Waals surface area contributed by atoms with Crippen molar-refractivity contribution in [2.24, 2.45) is 10.9 Å². The molecule has 1 aromatic carbocycles. The number of allylic oxidation sites excluding steroid dienone is 1. The van der Waals surface area contributed by atoms with Gasteiger partial charge in [0.05, 0.1) is 11.6 Å². The predicted octanol–water partition coefficient (Wildman–Crippen LogP) is 4.29. The zero-order valence-electron chi connectivity index (χ0n) is 26.6. The number of aryl methyl sites for hydroxylation is 1. The molecule has 11 nitrogen and oxygen atoms in total. The highest BCUT2D eigenvalue weighted by atomic mass is 32.1. The second kappa shape index (κ2) is 12.5. The Balaban J connectivity index is 1.09. The molecule has 242 valence electrons. The van der Waals surface area contributed by atoms with Gasteiger partial charge in [-0.2, -0.15) is 5.26 Å². The highest BCUT2D eigenvalue weighted by Crippen LogP contribution is 2.37. The van der Waals surface area contributed by atoms with E-state index in [1.165, 1.54) is 23.5 Å². The number of aromatic nitrogens is 3. The van der Waals surface area contributed by atoms with E-state index in [9.17, 15) is 14.4 Å². The lowest BCUT2D eigenvalue weighted by atomic mass is 9.95. The van der Waals surface area contributed by atoms with E-state index in [2.05, 4.69) is 33.8 Å². The van der Waals surface area contributed by atoms with Gasteiger partial charge in [0.1, 0.15) is 33.9 Å². The topological polar surface area (TPSA) is 126 Å². The van der Waals surface area contributed by atoms with Gasteiger partial charge in [0, 0.05) is 61.5 Å². The Kier molecular flexibility index (Phi) is 8.25. The highest BCUT2D eigenvalue weighted by molar-refractivity contribution is 7.16. The van der Waals surface area contributed by atoms with E-state index in [4.69, 9.17) is 15.0 Å². The Hall–Kier alpha value is -4.64. The summed E-state index contributed by atoms with van der Waals surface area (Å²) < 4.78 is 15.6. The number of nitriles is 1. The van der Waals surface area contributed by atoms with Gasteiger partial charge in [0.2, 0.25) is 5.91 Å². The number of likely N-dealkylation sites (tertiary alicyclic amines) is 1. The maximum Gasteiger partial charge on any atom is 0.225 e. The van der Waals surface area contributed by atoms with Gasteiger partial charge in [-0.15, -0.1) is 0 Å². The van der Waals surface area contributed by atoms with Crippen LogP contribution < -0.4 is 20.9 Å². The van der Waals surface area contributed by atoms with E-state index in [-0.39, 0.29) is 23.7 Å². The molecular weight excluding hydrogens is 616 g/mol. The lowest BCUT2D eigenvalue weighted by Gasteiger charge is -2.48. The van der Waals surface area contributed by atoms with E-state index < -0.39 is 5.79 Å². The van der Waals surface area contributed by atoms with Crippen molar-refractivity contribution in [2.45, 2.75) is 44.9 Å². The van der Waals surface area contributed by atoms with Crippen molar-refractivity contribution < 1.29 is 9.18 Å². The largest absolute Gasteiger partial charge is 0.355 e. The number of anilines is 2. The minimum Gasteiger partial charge on any atom is -0.355 e. The summed E-state index contributed by atoms with van der Waals surface area (Å²) in [6.07, 6.45) is 8.57. The molecule has 0 bridgehead atoms. The average Bonchev–Trinajstić information content (AvgIpc) is 3.66. The second-order valence-electron chi connectivity index (χ2n) is 12.4. The van der Waals surface area contributed by atoms with Gasteiger partial charge in [-0.1, -0.05) is 18.3 Å². The number of hydrogen-bond donors (Lipinski definition) is 3. The van der Waals surface area contributed by atoms with Crippen LogP contribution in [0.5, 0.6) is 0 Å². The zero-order valence-corrected chi connectivity index (χ0v) is 27.4. The molecule has 3 N–H and O–H groups in total. The minimum absolute atomic E-state index is 0.0234. The summed E-state index contributed by atoms with van der Waals surface area (Å²) in [5, 5.41) is 20.5. The lowest BCUT2D eigenvalue weighted by Crippen LogP contribution is -2.66. The van der Waals surface area contributed by atoms with Crippen LogP contribution in [0.25, 0.3) is 22.5 Å². The number of piperidine rings is 1. The molecule has 47 heavy (non-hydrogen) atoms. The van der Waals surface area contributed by atoms with Gasteiger partial charge in [-0.05, 0) is 75.7 Å². The fourth-order valence-electron chi connectivity index (χ4n) is 6.37. The molecule has 1 atom stereocenters. The van der Waals surface area contributed by atoms with Crippen molar-refractivity contribution >= 4 is 45.6 Å². The number of fused-ring (bicyclic) bond motifs is 1. The van der Waals surface area contributed by atoms with Crippen molar-refractivity contribution in [3.63, 3.8) is 0 Å². The molecular formula is C34H37FN10OS. The molecule has 3 aliphatic heterocycles. The Bertz CT molecular complexity index is 1910. The zero-order chi connectivity index (χ0) is 32.7. The summed E-state index contributed by atoms with van der Waals surface area (Å²) in [4.78, 5) is 32.0. The number of carbonyl (C=O) groups is 1. The maximum absolute atomic E-state index is 13.6. The quantitative estimate of drug-likeness (QED) is 0.258. The molecule has 2 fully saturated rings. The summed E-state index contributed by atoms with van der Waals surface area (Å²) >= 11 is 1.29. The average molecular weight is 653 g/mol. The highest BCUT2D eigenvalue weighted by Gasteiger charge is 2.43. The van der Waals surface area contributed by atoms with E-state index in [0.29, 0.717) is 40.8 Å². The molecule has 6 heterocycles. The molecule has 1 unspecified atom stereocenters. The smallest absolute Gasteiger partial charge is 0.225 e. The summed E-state index contributed by atoms with van der Waals surface area (Å²) in [7, 11) is 1.92. The van der Waals surface area contributed by atoms with Crippen molar-refractivity contribution in [2.75, 3.05) is 38.1 Å². The van der Waals surface area contributed by atoms with Crippen LogP contribution in [-0.4, -0.2) is 76.4 Å². The van der Waals surface area contributed by atoms with Gasteiger partial charge in [0.25, 0.3) is 0 Å². The first-order valence-electron chi connectivity index (χ1n) is 16.0. The monoisotopic (exact) mass is 652 g/mol. The number of hydrogen-bond acceptors (Lipinski definition) is 10. The normalized spacial score (nSPS) is 20.4. The van der Waals surface area contributed by atoms with Crippen LogP contribution in [0.15, 0.2) is 53.8 Å². The minimum atomic E-state index is -0.625. The fourth-order valence-corrected chi connectivity index (χ4v) is 7.22. The first-order chi connectivity index (χ1) is 22.8. The molecule has 0 radical (unpaired) electrons. The third kappa shape index (κ3) is 5.88. The number of amides is 1. The number of imidazole rings is 1. The van der Waals surface area contributed by atoms with Crippen molar-refractivity contribution in [1.82, 2.24) is 35.2 Å². The van der Waals surface area contributed by atoms with Crippen LogP contribution in [-0.2, 0) is 11.2 Å². The standard InChI is InChI=1S/C34H37FN10OS/c1-4-27-32(43(3)33-42-30(28(15-36)47-33)21-5-8-25(35)9-6-21)45-20-22(7-10-29(45)41-27)23-16-38-34(2,39-17-23)44-18-24(19-44)31(46)40-26-11-13-37-14-12-26/h5-10,16-17,20,24,26,37-38H,4,11-14,18-19H2,1-3H3,(H,40,46). The number of nitrogens with zero attached hydrogens (tertiary/aromatic N) is 7. The Morgan fingerprint density at radius 2 is 1.91 bits per heavy atom. The van der Waals surface area contributed by atoms with Gasteiger partial charge in [0.15, 0.2) is 10.9 Å². The first kappa shape index (κ1) is 31.0. The Labute approximate surface area is 276 Å². The maximum atomic E-state index is 13.6. The van der Waals surface area contributed by atoms with Gasteiger partial charge >= 0.3 is 0 Å². The third-order valence-electron chi connectivity index (χ3n) is 9.28. The predicted molar refractivity (Wildman–Crippen MR) is 182 cm³/mol. The number of thiazole rings is 1. The van der Waals surface area contributed by atoms with Crippen LogP contribution >= 0.6 is 11.3 Å². The number of carbonyl (C=O) groups excluding carboxylic acids is 1. The number of nitrogens with one attached hydrogen (secondary N) is 3. The SMILES string of the molecule is CCc1nc2ccc(C3=CNC(C)(N4CC(C(=O)NC5CCNCC5)C4)N=C3)cn2c1N(C)c1nc(-c2ccc(F)cc2)c(C#N)s1. The summed E-state index contributed by atoms with van der Waals surface area (Å²) in [5.74, 6) is 0.00865. The van der Waals surface area contributed by atoms with Crippen LogP contribution in [0.3, 0.4) is 0 Å². The third-order valence-corrected chi connectivity index (χ3v) is 10.3. The van der Waals surface area contributed by atoms with Gasteiger partial charge in [-0.3, -0.25) is 19.1 Å². The van der Waals surface area contributed by atoms with E-state index >= 15 is 0 Å².